The first kappa shape index (κ1) is 21.2. The summed E-state index contributed by atoms with van der Waals surface area (Å²) in [6, 6.07) is 10.6. The average Bonchev–Trinajstić information content (AvgIpc) is 2.56. The molecule has 0 radical (unpaired) electrons. The van der Waals surface area contributed by atoms with E-state index in [1.165, 1.54) is 22.3 Å². The predicted molar refractivity (Wildman–Crippen MR) is 117 cm³/mol. The van der Waals surface area contributed by atoms with Crippen molar-refractivity contribution in [3.8, 4) is 0 Å². The number of hydrogen-bond acceptors (Lipinski definition) is 3. The van der Waals surface area contributed by atoms with Crippen LogP contribution in [-0.2, 0) is 13.1 Å². The van der Waals surface area contributed by atoms with Crippen LogP contribution in [0.15, 0.2) is 41.5 Å². The summed E-state index contributed by atoms with van der Waals surface area (Å²) in [6.45, 7) is 5.71. The minimum absolute atomic E-state index is 0. The Balaban J connectivity index is 0.00000312. The molecule has 0 saturated heterocycles. The van der Waals surface area contributed by atoms with Gasteiger partial charge in [0.2, 0.25) is 0 Å². The van der Waals surface area contributed by atoms with E-state index >= 15 is 0 Å². The summed E-state index contributed by atoms with van der Waals surface area (Å²) in [4.78, 5) is 10.6. The number of anilines is 1. The van der Waals surface area contributed by atoms with Gasteiger partial charge in [0.05, 0.1) is 0 Å². The first-order valence-electron chi connectivity index (χ1n) is 8.12. The number of pyridine rings is 1. The molecule has 2 N–H and O–H groups in total. The molecule has 1 aromatic heterocycles. The lowest BCUT2D eigenvalue weighted by Crippen LogP contribution is -2.36. The molecular weight excluding hydrogens is 425 g/mol. The summed E-state index contributed by atoms with van der Waals surface area (Å²) in [6.07, 6.45) is 1.83. The van der Waals surface area contributed by atoms with Crippen molar-refractivity contribution < 1.29 is 0 Å². The van der Waals surface area contributed by atoms with E-state index in [4.69, 9.17) is 0 Å². The van der Waals surface area contributed by atoms with Gasteiger partial charge in [-0.3, -0.25) is 4.99 Å². The Kier molecular flexibility index (Phi) is 8.68. The zero-order chi connectivity index (χ0) is 17.5. The average molecular weight is 453 g/mol. The van der Waals surface area contributed by atoms with E-state index in [0.717, 1.165) is 18.3 Å². The molecule has 6 heteroatoms. The molecule has 1 heterocycles. The number of benzene rings is 1. The summed E-state index contributed by atoms with van der Waals surface area (Å²) in [5, 5.41) is 6.71. The third-order valence-electron chi connectivity index (χ3n) is 3.90. The van der Waals surface area contributed by atoms with Crippen molar-refractivity contribution in [2.24, 2.45) is 4.99 Å². The van der Waals surface area contributed by atoms with E-state index < -0.39 is 0 Å². The molecule has 0 fully saturated rings. The second-order valence-electron chi connectivity index (χ2n) is 6.13. The lowest BCUT2D eigenvalue weighted by molar-refractivity contribution is 0.804. The number of nitrogens with zero attached hydrogens (tertiary/aromatic N) is 3. The highest BCUT2D eigenvalue weighted by molar-refractivity contribution is 14.0. The van der Waals surface area contributed by atoms with Gasteiger partial charge < -0.3 is 15.5 Å². The molecule has 2 aromatic rings. The Bertz CT molecular complexity index is 713. The predicted octanol–water partition coefficient (Wildman–Crippen LogP) is 3.25. The SMILES string of the molecule is CN=C(NCc1ccnc(N(C)C)c1)NCc1ccc(C)cc1C.I. The molecule has 5 nitrogen and oxygen atoms in total. The van der Waals surface area contributed by atoms with Gasteiger partial charge in [0.15, 0.2) is 5.96 Å². The largest absolute Gasteiger partial charge is 0.363 e. The van der Waals surface area contributed by atoms with Crippen molar-refractivity contribution in [1.29, 1.82) is 0 Å². The van der Waals surface area contributed by atoms with Gasteiger partial charge in [-0.1, -0.05) is 23.8 Å². The number of guanidine groups is 1. The van der Waals surface area contributed by atoms with Gasteiger partial charge in [-0.2, -0.15) is 0 Å². The van der Waals surface area contributed by atoms with E-state index in [9.17, 15) is 0 Å². The Labute approximate surface area is 168 Å². The van der Waals surface area contributed by atoms with Crippen LogP contribution in [-0.4, -0.2) is 32.1 Å². The minimum atomic E-state index is 0. The Morgan fingerprint density at radius 3 is 2.44 bits per heavy atom. The maximum absolute atomic E-state index is 4.33. The molecule has 0 aliphatic heterocycles. The number of hydrogen-bond donors (Lipinski definition) is 2. The van der Waals surface area contributed by atoms with Crippen molar-refractivity contribution in [2.45, 2.75) is 26.9 Å². The van der Waals surface area contributed by atoms with Crippen molar-refractivity contribution in [3.63, 3.8) is 0 Å². The van der Waals surface area contributed by atoms with Crippen LogP contribution in [0.3, 0.4) is 0 Å². The van der Waals surface area contributed by atoms with Crippen LogP contribution < -0.4 is 15.5 Å². The number of aliphatic imine (C=N–C) groups is 1. The highest BCUT2D eigenvalue weighted by Gasteiger charge is 2.03. The lowest BCUT2D eigenvalue weighted by atomic mass is 10.1. The topological polar surface area (TPSA) is 52.6 Å². The van der Waals surface area contributed by atoms with Crippen LogP contribution in [0.1, 0.15) is 22.3 Å². The summed E-state index contributed by atoms with van der Waals surface area (Å²) < 4.78 is 0. The van der Waals surface area contributed by atoms with E-state index in [1.807, 2.05) is 31.3 Å². The zero-order valence-electron chi connectivity index (χ0n) is 15.6. The van der Waals surface area contributed by atoms with E-state index in [1.54, 1.807) is 7.05 Å². The van der Waals surface area contributed by atoms with Crippen molar-refractivity contribution in [3.05, 3.63) is 58.8 Å². The van der Waals surface area contributed by atoms with Gasteiger partial charge in [-0.25, -0.2) is 4.98 Å². The number of rotatable bonds is 5. The van der Waals surface area contributed by atoms with Crippen LogP contribution in [0.2, 0.25) is 0 Å². The van der Waals surface area contributed by atoms with Gasteiger partial charge in [0.1, 0.15) is 5.82 Å². The second-order valence-corrected chi connectivity index (χ2v) is 6.13. The maximum Gasteiger partial charge on any atom is 0.191 e. The fourth-order valence-electron chi connectivity index (χ4n) is 2.44. The van der Waals surface area contributed by atoms with Gasteiger partial charge in [0.25, 0.3) is 0 Å². The molecule has 0 bridgehead atoms. The van der Waals surface area contributed by atoms with Gasteiger partial charge in [0, 0.05) is 40.4 Å². The first-order valence-corrected chi connectivity index (χ1v) is 8.12. The smallest absolute Gasteiger partial charge is 0.191 e. The fraction of sp³-hybridized carbons (Fsp3) is 0.368. The summed E-state index contributed by atoms with van der Waals surface area (Å²) in [5.41, 5.74) is 5.03. The molecule has 2 rings (SSSR count). The quantitative estimate of drug-likeness (QED) is 0.415. The molecule has 0 aliphatic rings. The molecule has 25 heavy (non-hydrogen) atoms. The van der Waals surface area contributed by atoms with E-state index in [-0.39, 0.29) is 24.0 Å². The molecule has 0 atom stereocenters. The van der Waals surface area contributed by atoms with E-state index in [0.29, 0.717) is 6.54 Å². The molecular formula is C19H28IN5. The number of halogens is 1. The summed E-state index contributed by atoms with van der Waals surface area (Å²) >= 11 is 0. The Morgan fingerprint density at radius 2 is 1.80 bits per heavy atom. The van der Waals surface area contributed by atoms with Crippen LogP contribution in [0.4, 0.5) is 5.82 Å². The number of aromatic nitrogens is 1. The molecule has 0 spiro atoms. The highest BCUT2D eigenvalue weighted by Crippen LogP contribution is 2.10. The van der Waals surface area contributed by atoms with Gasteiger partial charge in [-0.15, -0.1) is 24.0 Å². The van der Waals surface area contributed by atoms with Crippen LogP contribution >= 0.6 is 24.0 Å². The summed E-state index contributed by atoms with van der Waals surface area (Å²) in [5.74, 6) is 1.74. The normalized spacial score (nSPS) is 10.8. The summed E-state index contributed by atoms with van der Waals surface area (Å²) in [7, 11) is 5.77. The maximum atomic E-state index is 4.33. The van der Waals surface area contributed by atoms with Crippen molar-refractivity contribution >= 4 is 35.8 Å². The first-order chi connectivity index (χ1) is 11.5. The third kappa shape index (κ3) is 6.53. The van der Waals surface area contributed by atoms with Gasteiger partial charge in [-0.05, 0) is 42.7 Å². The molecule has 0 saturated carbocycles. The van der Waals surface area contributed by atoms with Crippen LogP contribution in [0, 0.1) is 13.8 Å². The van der Waals surface area contributed by atoms with Crippen LogP contribution in [0.5, 0.6) is 0 Å². The van der Waals surface area contributed by atoms with Crippen molar-refractivity contribution in [2.75, 3.05) is 26.0 Å². The highest BCUT2D eigenvalue weighted by atomic mass is 127. The standard InChI is InChI=1S/C19H27N5.HI/c1-14-6-7-17(15(2)10-14)13-23-19(20-3)22-12-16-8-9-21-18(11-16)24(4)5;/h6-11H,12-13H2,1-5H3,(H2,20,22,23);1H. The van der Waals surface area contributed by atoms with E-state index in [2.05, 4.69) is 58.7 Å². The molecule has 0 unspecified atom stereocenters. The number of nitrogens with one attached hydrogen (secondary N) is 2. The Morgan fingerprint density at radius 1 is 1.08 bits per heavy atom. The number of aryl methyl sites for hydroxylation is 2. The lowest BCUT2D eigenvalue weighted by Gasteiger charge is -2.15. The Hall–Kier alpha value is -1.83. The molecule has 1 aromatic carbocycles. The third-order valence-corrected chi connectivity index (χ3v) is 3.90. The zero-order valence-corrected chi connectivity index (χ0v) is 18.0. The fourth-order valence-corrected chi connectivity index (χ4v) is 2.44. The minimum Gasteiger partial charge on any atom is -0.363 e. The molecule has 0 amide bonds. The van der Waals surface area contributed by atoms with Gasteiger partial charge >= 0.3 is 0 Å². The van der Waals surface area contributed by atoms with Crippen molar-refractivity contribution in [1.82, 2.24) is 15.6 Å². The monoisotopic (exact) mass is 453 g/mol. The second kappa shape index (κ2) is 10.2. The molecule has 0 aliphatic carbocycles. The van der Waals surface area contributed by atoms with Crippen LogP contribution in [0.25, 0.3) is 0 Å². The molecule has 136 valence electrons.